The van der Waals surface area contributed by atoms with E-state index in [-0.39, 0.29) is 0 Å². The van der Waals surface area contributed by atoms with E-state index in [2.05, 4.69) is 22.0 Å². The van der Waals surface area contributed by atoms with Crippen LogP contribution in [0.1, 0.15) is 55.6 Å². The number of nitrogens with one attached hydrogen (secondary N) is 1. The second kappa shape index (κ2) is 4.53. The molecule has 1 aromatic heterocycles. The summed E-state index contributed by atoms with van der Waals surface area (Å²) in [5.41, 5.74) is 2.84. The van der Waals surface area contributed by atoms with Crippen molar-refractivity contribution in [3.05, 3.63) is 29.3 Å². The summed E-state index contributed by atoms with van der Waals surface area (Å²) in [7, 11) is 0. The molecule has 120 valence electrons. The number of anilines is 1. The number of fused-ring (bicyclic) bond motifs is 3. The Kier molecular flexibility index (Phi) is 2.65. The first-order chi connectivity index (χ1) is 11.2. The molecule has 2 fully saturated rings. The molecule has 2 aromatic rings. The summed E-state index contributed by atoms with van der Waals surface area (Å²) in [5, 5.41) is 11.2. The Hall–Kier alpha value is -1.97. The number of carboxylic acid groups (broad SMARTS) is 1. The summed E-state index contributed by atoms with van der Waals surface area (Å²) in [5.74, 6) is 1.25. The first-order valence-electron chi connectivity index (χ1n) is 8.84. The lowest BCUT2D eigenvalue weighted by Crippen LogP contribution is -2.38. The van der Waals surface area contributed by atoms with Gasteiger partial charge in [0.05, 0.1) is 10.9 Å². The zero-order chi connectivity index (χ0) is 15.6. The van der Waals surface area contributed by atoms with Gasteiger partial charge in [-0.05, 0) is 37.2 Å². The van der Waals surface area contributed by atoms with Crippen molar-refractivity contribution in [2.75, 3.05) is 18.0 Å². The van der Waals surface area contributed by atoms with E-state index in [4.69, 9.17) is 0 Å². The number of aliphatic carboxylic acids is 1. The number of hydrogen-bond acceptors (Lipinski definition) is 2. The lowest BCUT2D eigenvalue weighted by Gasteiger charge is -2.40. The second-order valence-corrected chi connectivity index (χ2v) is 7.47. The number of aromatic amines is 1. The molecule has 0 unspecified atom stereocenters. The van der Waals surface area contributed by atoms with Gasteiger partial charge in [0.15, 0.2) is 0 Å². The van der Waals surface area contributed by atoms with Gasteiger partial charge >= 0.3 is 5.97 Å². The molecule has 1 saturated carbocycles. The van der Waals surface area contributed by atoms with Crippen LogP contribution in [-0.2, 0) is 10.2 Å². The monoisotopic (exact) mass is 310 g/mol. The average Bonchev–Trinajstić information content (AvgIpc) is 3.22. The molecule has 1 aromatic carbocycles. The highest BCUT2D eigenvalue weighted by atomic mass is 16.4. The van der Waals surface area contributed by atoms with Gasteiger partial charge < -0.3 is 15.0 Å². The first-order valence-corrected chi connectivity index (χ1v) is 8.84. The van der Waals surface area contributed by atoms with Gasteiger partial charge in [0.2, 0.25) is 0 Å². The Morgan fingerprint density at radius 2 is 1.96 bits per heavy atom. The number of rotatable bonds is 2. The number of nitrogens with zero attached hydrogens (tertiary/aromatic N) is 1. The number of benzene rings is 1. The molecular formula is C19H22N2O2. The van der Waals surface area contributed by atoms with Gasteiger partial charge in [-0.1, -0.05) is 31.0 Å². The quantitative estimate of drug-likeness (QED) is 0.888. The van der Waals surface area contributed by atoms with Gasteiger partial charge in [-0.25, -0.2) is 0 Å². The highest BCUT2D eigenvalue weighted by molar-refractivity contribution is 5.97. The van der Waals surface area contributed by atoms with E-state index in [0.717, 1.165) is 49.9 Å². The molecule has 1 saturated heterocycles. The summed E-state index contributed by atoms with van der Waals surface area (Å²) in [6.45, 7) is 2.26. The topological polar surface area (TPSA) is 56.3 Å². The summed E-state index contributed by atoms with van der Waals surface area (Å²) < 4.78 is 0. The Balaban J connectivity index is 1.78. The zero-order valence-electron chi connectivity index (χ0n) is 13.3. The molecule has 4 heterocycles. The maximum Gasteiger partial charge on any atom is 0.314 e. The minimum atomic E-state index is -0.693. The van der Waals surface area contributed by atoms with Gasteiger partial charge in [0.25, 0.3) is 0 Å². The molecule has 2 N–H and O–H groups in total. The molecule has 0 radical (unpaired) electrons. The fraction of sp³-hybridized carbons (Fsp3) is 0.526. The molecule has 4 heteroatoms. The number of hydrogen-bond donors (Lipinski definition) is 2. The van der Waals surface area contributed by atoms with Crippen LogP contribution in [-0.4, -0.2) is 29.1 Å². The lowest BCUT2D eigenvalue weighted by molar-refractivity contribution is -0.143. The summed E-state index contributed by atoms with van der Waals surface area (Å²) in [6.07, 6.45) is 6.01. The molecule has 23 heavy (non-hydrogen) atoms. The summed E-state index contributed by atoms with van der Waals surface area (Å²) >= 11 is 0. The Morgan fingerprint density at radius 1 is 1.22 bits per heavy atom. The van der Waals surface area contributed by atoms with E-state index < -0.39 is 11.4 Å². The predicted molar refractivity (Wildman–Crippen MR) is 90.3 cm³/mol. The number of para-hydroxylation sites is 1. The highest BCUT2D eigenvalue weighted by Gasteiger charge is 2.45. The smallest absolute Gasteiger partial charge is 0.314 e. The maximum absolute atomic E-state index is 12.1. The number of aromatic nitrogens is 1. The minimum Gasteiger partial charge on any atom is -0.481 e. The number of carbonyl (C=O) groups is 1. The Bertz CT molecular complexity index is 793. The van der Waals surface area contributed by atoms with Gasteiger partial charge in [-0.3, -0.25) is 4.79 Å². The lowest BCUT2D eigenvalue weighted by atomic mass is 9.77. The van der Waals surface area contributed by atoms with Crippen LogP contribution in [0.15, 0.2) is 18.2 Å². The molecule has 2 bridgehead atoms. The van der Waals surface area contributed by atoms with Crippen LogP contribution in [0.5, 0.6) is 0 Å². The summed E-state index contributed by atoms with van der Waals surface area (Å²) in [4.78, 5) is 18.2. The summed E-state index contributed by atoms with van der Waals surface area (Å²) in [6, 6.07) is 6.29. The van der Waals surface area contributed by atoms with Gasteiger partial charge in [0.1, 0.15) is 5.82 Å². The Morgan fingerprint density at radius 3 is 2.65 bits per heavy atom. The molecule has 6 rings (SSSR count). The highest BCUT2D eigenvalue weighted by Crippen LogP contribution is 2.49. The molecule has 3 aliphatic heterocycles. The van der Waals surface area contributed by atoms with Crippen molar-refractivity contribution in [3.63, 3.8) is 0 Å². The number of piperidine rings is 1. The van der Waals surface area contributed by atoms with E-state index >= 15 is 0 Å². The average molecular weight is 310 g/mol. The molecule has 0 atom stereocenters. The largest absolute Gasteiger partial charge is 0.481 e. The number of H-pyrrole nitrogens is 1. The van der Waals surface area contributed by atoms with Crippen LogP contribution in [0.25, 0.3) is 10.9 Å². The van der Waals surface area contributed by atoms with Crippen LogP contribution in [0.3, 0.4) is 0 Å². The van der Waals surface area contributed by atoms with Crippen LogP contribution >= 0.6 is 0 Å². The fourth-order valence-electron chi connectivity index (χ4n) is 5.25. The zero-order valence-corrected chi connectivity index (χ0v) is 13.3. The molecule has 0 spiro atoms. The standard InChI is InChI=1S/C19H22N2O2/c22-18(23)19(8-1-2-9-19)14-5-3-4-13-15-12-6-10-21(11-7-12)17(15)20-16(13)14/h3-5,12,20H,1-2,6-11H2,(H,22,23). The third-order valence-electron chi connectivity index (χ3n) is 6.45. The van der Waals surface area contributed by atoms with E-state index in [9.17, 15) is 9.90 Å². The van der Waals surface area contributed by atoms with Crippen molar-refractivity contribution >= 4 is 22.7 Å². The minimum absolute atomic E-state index is 0.642. The van der Waals surface area contributed by atoms with Crippen LogP contribution in [0.2, 0.25) is 0 Å². The second-order valence-electron chi connectivity index (χ2n) is 7.47. The van der Waals surface area contributed by atoms with Crippen LogP contribution in [0.4, 0.5) is 5.82 Å². The van der Waals surface area contributed by atoms with Crippen molar-refractivity contribution in [3.8, 4) is 0 Å². The van der Waals surface area contributed by atoms with Crippen LogP contribution in [0, 0.1) is 0 Å². The molecule has 0 amide bonds. The van der Waals surface area contributed by atoms with Crippen molar-refractivity contribution in [1.29, 1.82) is 0 Å². The molecule has 4 nitrogen and oxygen atoms in total. The number of carboxylic acids is 1. The van der Waals surface area contributed by atoms with Gasteiger partial charge in [-0.15, -0.1) is 0 Å². The van der Waals surface area contributed by atoms with Crippen molar-refractivity contribution in [1.82, 2.24) is 4.98 Å². The van der Waals surface area contributed by atoms with Gasteiger partial charge in [-0.2, -0.15) is 0 Å². The third-order valence-corrected chi connectivity index (χ3v) is 6.45. The SMILES string of the molecule is O=C(O)C1(c2cccc3c4c([nH]c23)N2CCC4CC2)CCCC1. The maximum atomic E-state index is 12.1. The molecule has 1 aliphatic carbocycles. The van der Waals surface area contributed by atoms with Crippen molar-refractivity contribution < 1.29 is 9.90 Å². The molecular weight excluding hydrogens is 288 g/mol. The fourth-order valence-corrected chi connectivity index (χ4v) is 5.25. The Labute approximate surface area is 135 Å². The third kappa shape index (κ3) is 1.64. The van der Waals surface area contributed by atoms with E-state index in [1.165, 1.54) is 29.6 Å². The van der Waals surface area contributed by atoms with E-state index in [0.29, 0.717) is 5.92 Å². The van der Waals surface area contributed by atoms with E-state index in [1.807, 2.05) is 6.07 Å². The predicted octanol–water partition coefficient (Wildman–Crippen LogP) is 3.76. The van der Waals surface area contributed by atoms with E-state index in [1.54, 1.807) is 0 Å². The molecule has 4 aliphatic rings. The van der Waals surface area contributed by atoms with Crippen molar-refractivity contribution in [2.45, 2.75) is 49.9 Å². The normalized spacial score (nSPS) is 22.7. The van der Waals surface area contributed by atoms with Crippen LogP contribution < -0.4 is 4.90 Å². The first kappa shape index (κ1) is 13.5. The van der Waals surface area contributed by atoms with Gasteiger partial charge in [0, 0.05) is 24.0 Å². The van der Waals surface area contributed by atoms with Crippen molar-refractivity contribution in [2.24, 2.45) is 0 Å².